The molecule has 0 saturated carbocycles. The number of aromatic nitrogens is 1. The molecule has 0 aromatic carbocycles. The second kappa shape index (κ2) is 9.65. The highest BCUT2D eigenvalue weighted by Gasteiger charge is 2.11. The Hall–Kier alpha value is -0.360. The van der Waals surface area contributed by atoms with Gasteiger partial charge in [0.25, 0.3) is 5.91 Å². The van der Waals surface area contributed by atoms with Gasteiger partial charge in [-0.25, -0.2) is 4.98 Å². The van der Waals surface area contributed by atoms with E-state index >= 15 is 0 Å². The van der Waals surface area contributed by atoms with Crippen LogP contribution in [0.2, 0.25) is 0 Å². The Kier molecular flexibility index (Phi) is 10.8. The fourth-order valence-corrected chi connectivity index (χ4v) is 1.31. The maximum atomic E-state index is 11.8. The van der Waals surface area contributed by atoms with Gasteiger partial charge in [-0.15, -0.1) is 24.8 Å². The van der Waals surface area contributed by atoms with Crippen molar-refractivity contribution >= 4 is 46.7 Å². The molecule has 0 unspecified atom stereocenters. The second-order valence-electron chi connectivity index (χ2n) is 3.19. The third-order valence-corrected chi connectivity index (χ3v) is 2.46. The minimum absolute atomic E-state index is 0. The van der Waals surface area contributed by atoms with Crippen LogP contribution >= 0.6 is 40.7 Å². The van der Waals surface area contributed by atoms with E-state index in [4.69, 9.17) is 0 Å². The molecule has 0 spiro atoms. The molecule has 0 aliphatic rings. The van der Waals surface area contributed by atoms with Crippen LogP contribution in [0.3, 0.4) is 0 Å². The minimum atomic E-state index is -0.0576. The Labute approximate surface area is 122 Å². The number of nitrogens with one attached hydrogen (secondary N) is 1. The number of carbonyl (C=O) groups is 1. The molecular weight excluding hydrogens is 329 g/mol. The zero-order valence-corrected chi connectivity index (χ0v) is 12.9. The molecule has 17 heavy (non-hydrogen) atoms. The summed E-state index contributed by atoms with van der Waals surface area (Å²) < 4.78 is 0.872. The number of carbonyl (C=O) groups excluding carboxylic acids is 1. The summed E-state index contributed by atoms with van der Waals surface area (Å²) in [4.78, 5) is 17.5. The normalized spacial score (nSPS) is 8.88. The van der Waals surface area contributed by atoms with Crippen molar-refractivity contribution in [3.05, 3.63) is 28.5 Å². The van der Waals surface area contributed by atoms with E-state index in [0.717, 1.165) is 11.0 Å². The minimum Gasteiger partial charge on any atom is -0.339 e. The van der Waals surface area contributed by atoms with Crippen molar-refractivity contribution in [2.75, 3.05) is 27.2 Å². The van der Waals surface area contributed by atoms with Crippen molar-refractivity contribution < 1.29 is 4.79 Å². The lowest BCUT2D eigenvalue weighted by atomic mass is 10.3. The smallest absolute Gasteiger partial charge is 0.272 e. The lowest BCUT2D eigenvalue weighted by molar-refractivity contribution is 0.0791. The van der Waals surface area contributed by atoms with Gasteiger partial charge in [0.05, 0.1) is 0 Å². The van der Waals surface area contributed by atoms with Crippen LogP contribution in [-0.4, -0.2) is 43.0 Å². The van der Waals surface area contributed by atoms with E-state index in [1.54, 1.807) is 24.2 Å². The summed E-state index contributed by atoms with van der Waals surface area (Å²) in [5, 5.41) is 2.99. The molecule has 0 fully saturated rings. The number of nitrogens with zero attached hydrogens (tertiary/aromatic N) is 2. The van der Waals surface area contributed by atoms with Crippen molar-refractivity contribution in [2.45, 2.75) is 0 Å². The molecule has 0 aliphatic carbocycles. The first kappa shape index (κ1) is 19.0. The average molecular weight is 345 g/mol. The van der Waals surface area contributed by atoms with E-state index in [1.807, 2.05) is 13.1 Å². The number of hydrogen-bond acceptors (Lipinski definition) is 3. The third-order valence-electron chi connectivity index (χ3n) is 1.99. The highest BCUT2D eigenvalue weighted by atomic mass is 79.9. The van der Waals surface area contributed by atoms with Gasteiger partial charge < -0.3 is 10.2 Å². The molecule has 1 aromatic heterocycles. The Morgan fingerprint density at radius 1 is 1.47 bits per heavy atom. The highest BCUT2D eigenvalue weighted by molar-refractivity contribution is 9.10. The summed E-state index contributed by atoms with van der Waals surface area (Å²) in [5.74, 6) is -0.0576. The van der Waals surface area contributed by atoms with Gasteiger partial charge in [0.1, 0.15) is 5.69 Å². The summed E-state index contributed by atoms with van der Waals surface area (Å²) in [5.41, 5.74) is 0.469. The standard InChI is InChI=1S/C10H14BrN3O.2ClH/c1-12-5-6-14(2)10(15)9-4-3-8(11)7-13-9;;/h3-4,7,12H,5-6H2,1-2H3;2*1H. The number of halogens is 3. The van der Waals surface area contributed by atoms with Crippen LogP contribution in [0.25, 0.3) is 0 Å². The summed E-state index contributed by atoms with van der Waals surface area (Å²) >= 11 is 3.28. The van der Waals surface area contributed by atoms with Crippen molar-refractivity contribution in [1.82, 2.24) is 15.2 Å². The predicted molar refractivity (Wildman–Crippen MR) is 77.3 cm³/mol. The molecule has 0 saturated heterocycles. The average Bonchev–Trinajstić information content (AvgIpc) is 2.26. The fraction of sp³-hybridized carbons (Fsp3) is 0.400. The molecule has 0 atom stereocenters. The molecule has 1 aromatic rings. The van der Waals surface area contributed by atoms with E-state index in [0.29, 0.717) is 12.2 Å². The van der Waals surface area contributed by atoms with Crippen LogP contribution < -0.4 is 5.32 Å². The number of hydrogen-bond donors (Lipinski definition) is 1. The van der Waals surface area contributed by atoms with Crippen molar-refractivity contribution in [3.63, 3.8) is 0 Å². The van der Waals surface area contributed by atoms with Crippen LogP contribution in [0.15, 0.2) is 22.8 Å². The number of likely N-dealkylation sites (N-methyl/N-ethyl adjacent to an activating group) is 2. The number of amides is 1. The molecule has 0 aliphatic heterocycles. The molecule has 1 heterocycles. The number of pyridine rings is 1. The molecule has 1 N–H and O–H groups in total. The zero-order valence-electron chi connectivity index (χ0n) is 9.64. The van der Waals surface area contributed by atoms with E-state index in [2.05, 4.69) is 26.2 Å². The lowest BCUT2D eigenvalue weighted by Crippen LogP contribution is -2.33. The summed E-state index contributed by atoms with van der Waals surface area (Å²) in [6.07, 6.45) is 1.62. The van der Waals surface area contributed by atoms with Gasteiger partial charge in [0.2, 0.25) is 0 Å². The van der Waals surface area contributed by atoms with Crippen LogP contribution in [0.4, 0.5) is 0 Å². The third kappa shape index (κ3) is 6.21. The summed E-state index contributed by atoms with van der Waals surface area (Å²) in [6.45, 7) is 1.45. The van der Waals surface area contributed by atoms with Gasteiger partial charge in [-0.1, -0.05) is 0 Å². The van der Waals surface area contributed by atoms with Gasteiger partial charge in [-0.05, 0) is 35.1 Å². The topological polar surface area (TPSA) is 45.2 Å². The molecular formula is C10H16BrCl2N3O. The zero-order chi connectivity index (χ0) is 11.3. The Morgan fingerprint density at radius 2 is 2.12 bits per heavy atom. The fourth-order valence-electron chi connectivity index (χ4n) is 1.08. The van der Waals surface area contributed by atoms with Gasteiger partial charge in [0.15, 0.2) is 0 Å². The van der Waals surface area contributed by atoms with Gasteiger partial charge in [-0.2, -0.15) is 0 Å². The van der Waals surface area contributed by atoms with Crippen molar-refractivity contribution in [1.29, 1.82) is 0 Å². The van der Waals surface area contributed by atoms with Crippen molar-refractivity contribution in [2.24, 2.45) is 0 Å². The highest BCUT2D eigenvalue weighted by Crippen LogP contribution is 2.08. The quantitative estimate of drug-likeness (QED) is 0.908. The van der Waals surface area contributed by atoms with E-state index in [9.17, 15) is 4.79 Å². The van der Waals surface area contributed by atoms with E-state index < -0.39 is 0 Å². The lowest BCUT2D eigenvalue weighted by Gasteiger charge is -2.16. The van der Waals surface area contributed by atoms with Gasteiger partial charge in [0, 0.05) is 30.8 Å². The largest absolute Gasteiger partial charge is 0.339 e. The second-order valence-corrected chi connectivity index (χ2v) is 4.11. The molecule has 4 nitrogen and oxygen atoms in total. The predicted octanol–water partition coefficient (Wildman–Crippen LogP) is 1.98. The monoisotopic (exact) mass is 343 g/mol. The van der Waals surface area contributed by atoms with Crippen LogP contribution in [0.5, 0.6) is 0 Å². The first-order valence-corrected chi connectivity index (χ1v) is 5.46. The molecule has 0 radical (unpaired) electrons. The number of rotatable bonds is 4. The Morgan fingerprint density at radius 3 is 2.59 bits per heavy atom. The first-order valence-electron chi connectivity index (χ1n) is 4.66. The van der Waals surface area contributed by atoms with Crippen LogP contribution in [-0.2, 0) is 0 Å². The molecule has 7 heteroatoms. The van der Waals surface area contributed by atoms with Gasteiger partial charge >= 0.3 is 0 Å². The van der Waals surface area contributed by atoms with Crippen LogP contribution in [0, 0.1) is 0 Å². The SMILES string of the molecule is CNCCN(C)C(=O)c1ccc(Br)cn1.Cl.Cl. The molecule has 0 bridgehead atoms. The van der Waals surface area contributed by atoms with E-state index in [-0.39, 0.29) is 30.7 Å². The molecule has 1 amide bonds. The van der Waals surface area contributed by atoms with Gasteiger partial charge in [-0.3, -0.25) is 4.79 Å². The summed E-state index contributed by atoms with van der Waals surface area (Å²) in [7, 11) is 3.62. The van der Waals surface area contributed by atoms with Crippen molar-refractivity contribution in [3.8, 4) is 0 Å². The molecule has 98 valence electrons. The Balaban J connectivity index is 0. The first-order chi connectivity index (χ1) is 7.15. The summed E-state index contributed by atoms with van der Waals surface area (Å²) in [6, 6.07) is 3.52. The maximum absolute atomic E-state index is 11.8. The van der Waals surface area contributed by atoms with E-state index in [1.165, 1.54) is 0 Å². The maximum Gasteiger partial charge on any atom is 0.272 e. The molecule has 1 rings (SSSR count). The Bertz CT molecular complexity index is 335. The van der Waals surface area contributed by atoms with Crippen LogP contribution in [0.1, 0.15) is 10.5 Å².